The Hall–Kier alpha value is -2.42. The van der Waals surface area contributed by atoms with Gasteiger partial charge in [0, 0.05) is 24.2 Å². The Bertz CT molecular complexity index is 1080. The molecule has 0 bridgehead atoms. The predicted molar refractivity (Wildman–Crippen MR) is 111 cm³/mol. The van der Waals surface area contributed by atoms with Gasteiger partial charge in [0.1, 0.15) is 0 Å². The maximum atomic E-state index is 12.0. The van der Waals surface area contributed by atoms with Crippen molar-refractivity contribution in [2.45, 2.75) is 19.4 Å². The van der Waals surface area contributed by atoms with E-state index in [4.69, 9.17) is 10.3 Å². The molecule has 0 spiro atoms. The Morgan fingerprint density at radius 3 is 2.54 bits per heavy atom. The van der Waals surface area contributed by atoms with Gasteiger partial charge in [-0.3, -0.25) is 4.31 Å². The summed E-state index contributed by atoms with van der Waals surface area (Å²) in [4.78, 5) is 4.48. The average molecular weight is 421 g/mol. The van der Waals surface area contributed by atoms with E-state index in [2.05, 4.69) is 10.1 Å². The molecule has 0 radical (unpaired) electrons. The molecule has 2 heterocycles. The van der Waals surface area contributed by atoms with Crippen LogP contribution in [-0.2, 0) is 23.0 Å². The predicted octanol–water partition coefficient (Wildman–Crippen LogP) is 3.00. The molecule has 0 saturated carbocycles. The molecule has 9 heteroatoms. The Labute approximate surface area is 170 Å². The van der Waals surface area contributed by atoms with Crippen LogP contribution in [-0.4, -0.2) is 31.4 Å². The number of halogens is 1. The lowest BCUT2D eigenvalue weighted by atomic mass is 10.0. The standard InChI is InChI=1S/C19H20N4O3S.ClH/c1-27(24,25)23-10-2-3-15-11-16(8-9-17(15)23)19-21-18(22-26-19)14-6-4-13(12-20)5-7-14;/h4-9,11H,2-3,10,12,20H2,1H3;1H. The minimum Gasteiger partial charge on any atom is -0.334 e. The summed E-state index contributed by atoms with van der Waals surface area (Å²) in [5, 5.41) is 4.06. The third kappa shape index (κ3) is 3.89. The van der Waals surface area contributed by atoms with E-state index in [0.29, 0.717) is 24.8 Å². The number of rotatable bonds is 4. The van der Waals surface area contributed by atoms with Crippen molar-refractivity contribution in [3.63, 3.8) is 0 Å². The molecular weight excluding hydrogens is 400 g/mol. The number of hydrogen-bond acceptors (Lipinski definition) is 6. The normalized spacial score (nSPS) is 13.7. The summed E-state index contributed by atoms with van der Waals surface area (Å²) in [6, 6.07) is 13.2. The second kappa shape index (κ2) is 7.90. The summed E-state index contributed by atoms with van der Waals surface area (Å²) in [6.07, 6.45) is 2.83. The van der Waals surface area contributed by atoms with Crippen LogP contribution in [0.25, 0.3) is 22.8 Å². The van der Waals surface area contributed by atoms with E-state index in [1.807, 2.05) is 42.5 Å². The molecule has 0 atom stereocenters. The first-order valence-electron chi connectivity index (χ1n) is 8.70. The summed E-state index contributed by atoms with van der Waals surface area (Å²) in [5.41, 5.74) is 9.98. The number of nitrogens with two attached hydrogens (primary N) is 1. The fourth-order valence-corrected chi connectivity index (χ4v) is 4.28. The lowest BCUT2D eigenvalue weighted by Crippen LogP contribution is -2.34. The zero-order valence-electron chi connectivity index (χ0n) is 15.3. The molecule has 1 aliphatic rings. The summed E-state index contributed by atoms with van der Waals surface area (Å²) >= 11 is 0. The quantitative estimate of drug-likeness (QED) is 0.696. The molecular formula is C19H21ClN4O3S. The minimum atomic E-state index is -3.28. The van der Waals surface area contributed by atoms with Gasteiger partial charge in [0.05, 0.1) is 11.9 Å². The first kappa shape index (κ1) is 20.3. The van der Waals surface area contributed by atoms with Gasteiger partial charge in [0.2, 0.25) is 15.8 Å². The van der Waals surface area contributed by atoms with Crippen LogP contribution >= 0.6 is 12.4 Å². The van der Waals surface area contributed by atoms with Crippen LogP contribution in [0.3, 0.4) is 0 Å². The number of aromatic nitrogens is 2. The summed E-state index contributed by atoms with van der Waals surface area (Å²) in [7, 11) is -3.28. The highest BCUT2D eigenvalue weighted by Crippen LogP contribution is 2.33. The van der Waals surface area contributed by atoms with Crippen molar-refractivity contribution in [2.24, 2.45) is 5.73 Å². The number of aryl methyl sites for hydroxylation is 1. The fourth-order valence-electron chi connectivity index (χ4n) is 3.29. The van der Waals surface area contributed by atoms with Crippen molar-refractivity contribution in [1.82, 2.24) is 10.1 Å². The van der Waals surface area contributed by atoms with Crippen LogP contribution in [0.15, 0.2) is 47.0 Å². The molecule has 0 unspecified atom stereocenters. The van der Waals surface area contributed by atoms with E-state index < -0.39 is 10.0 Å². The molecule has 2 N–H and O–H groups in total. The highest BCUT2D eigenvalue weighted by molar-refractivity contribution is 7.92. The van der Waals surface area contributed by atoms with E-state index in [9.17, 15) is 8.42 Å². The molecule has 7 nitrogen and oxygen atoms in total. The topological polar surface area (TPSA) is 102 Å². The zero-order valence-corrected chi connectivity index (χ0v) is 17.0. The van der Waals surface area contributed by atoms with E-state index in [1.165, 1.54) is 10.6 Å². The van der Waals surface area contributed by atoms with Crippen molar-refractivity contribution in [2.75, 3.05) is 17.1 Å². The molecule has 0 amide bonds. The molecule has 0 aliphatic carbocycles. The molecule has 4 rings (SSSR count). The Morgan fingerprint density at radius 2 is 1.86 bits per heavy atom. The van der Waals surface area contributed by atoms with Gasteiger partial charge in [0.25, 0.3) is 5.89 Å². The lowest BCUT2D eigenvalue weighted by Gasteiger charge is -2.29. The maximum absolute atomic E-state index is 12.0. The summed E-state index contributed by atoms with van der Waals surface area (Å²) in [6.45, 7) is 0.992. The first-order valence-corrected chi connectivity index (χ1v) is 10.5. The van der Waals surface area contributed by atoms with Crippen molar-refractivity contribution >= 4 is 28.1 Å². The number of anilines is 1. The van der Waals surface area contributed by atoms with E-state index in [1.54, 1.807) is 0 Å². The lowest BCUT2D eigenvalue weighted by molar-refractivity contribution is 0.432. The molecule has 28 heavy (non-hydrogen) atoms. The Kier molecular flexibility index (Phi) is 5.74. The molecule has 3 aromatic rings. The van der Waals surface area contributed by atoms with Crippen molar-refractivity contribution in [1.29, 1.82) is 0 Å². The number of nitrogens with zero attached hydrogens (tertiary/aromatic N) is 3. The van der Waals surface area contributed by atoms with E-state index in [0.717, 1.165) is 40.8 Å². The van der Waals surface area contributed by atoms with Crippen molar-refractivity contribution < 1.29 is 12.9 Å². The van der Waals surface area contributed by atoms with E-state index in [-0.39, 0.29) is 12.4 Å². The number of fused-ring (bicyclic) bond motifs is 1. The first-order chi connectivity index (χ1) is 13.0. The molecule has 148 valence electrons. The van der Waals surface area contributed by atoms with Gasteiger partial charge in [-0.05, 0) is 42.2 Å². The fraction of sp³-hybridized carbons (Fsp3) is 0.263. The van der Waals surface area contributed by atoms with Crippen LogP contribution in [0.4, 0.5) is 5.69 Å². The maximum Gasteiger partial charge on any atom is 0.258 e. The van der Waals surface area contributed by atoms with Crippen LogP contribution in [0, 0.1) is 0 Å². The van der Waals surface area contributed by atoms with Crippen molar-refractivity contribution in [3.8, 4) is 22.8 Å². The van der Waals surface area contributed by atoms with Crippen LogP contribution < -0.4 is 10.0 Å². The third-order valence-corrected chi connectivity index (χ3v) is 5.86. The molecule has 1 aliphatic heterocycles. The van der Waals surface area contributed by atoms with Crippen molar-refractivity contribution in [3.05, 3.63) is 53.6 Å². The zero-order chi connectivity index (χ0) is 19.0. The van der Waals surface area contributed by atoms with Crippen LogP contribution in [0.5, 0.6) is 0 Å². The van der Waals surface area contributed by atoms with E-state index >= 15 is 0 Å². The second-order valence-corrected chi connectivity index (χ2v) is 8.51. The third-order valence-electron chi connectivity index (χ3n) is 4.68. The number of benzene rings is 2. The molecule has 1 aromatic heterocycles. The largest absolute Gasteiger partial charge is 0.334 e. The Balaban J connectivity index is 0.00000225. The highest BCUT2D eigenvalue weighted by Gasteiger charge is 2.24. The average Bonchev–Trinajstić information content (AvgIpc) is 3.16. The Morgan fingerprint density at radius 1 is 1.14 bits per heavy atom. The molecule has 0 saturated heterocycles. The van der Waals surface area contributed by atoms with Gasteiger partial charge in [-0.1, -0.05) is 29.4 Å². The number of hydrogen-bond donors (Lipinski definition) is 1. The SMILES string of the molecule is CS(=O)(=O)N1CCCc2cc(-c3nc(-c4ccc(CN)cc4)no3)ccc21.Cl. The number of sulfonamides is 1. The summed E-state index contributed by atoms with van der Waals surface area (Å²) < 4.78 is 30.9. The smallest absolute Gasteiger partial charge is 0.258 e. The van der Waals surface area contributed by atoms with Gasteiger partial charge in [-0.15, -0.1) is 12.4 Å². The van der Waals surface area contributed by atoms with Gasteiger partial charge in [-0.2, -0.15) is 4.98 Å². The van der Waals surface area contributed by atoms with Gasteiger partial charge in [-0.25, -0.2) is 8.42 Å². The van der Waals surface area contributed by atoms with Crippen LogP contribution in [0.1, 0.15) is 17.5 Å². The molecule has 0 fully saturated rings. The minimum absolute atomic E-state index is 0. The monoisotopic (exact) mass is 420 g/mol. The van der Waals surface area contributed by atoms with Gasteiger partial charge in [0.15, 0.2) is 0 Å². The molecule has 2 aromatic carbocycles. The van der Waals surface area contributed by atoms with Crippen LogP contribution in [0.2, 0.25) is 0 Å². The summed E-state index contributed by atoms with van der Waals surface area (Å²) in [5.74, 6) is 0.913. The highest BCUT2D eigenvalue weighted by atomic mass is 35.5. The van der Waals surface area contributed by atoms with Gasteiger partial charge < -0.3 is 10.3 Å². The van der Waals surface area contributed by atoms with Gasteiger partial charge >= 0.3 is 0 Å². The second-order valence-electron chi connectivity index (χ2n) is 6.61.